The molecule has 15 heavy (non-hydrogen) atoms. The molecule has 0 spiro atoms. The van der Waals surface area contributed by atoms with Crippen molar-refractivity contribution in [2.45, 2.75) is 31.5 Å². The summed E-state index contributed by atoms with van der Waals surface area (Å²) in [6, 6.07) is 11.2. The van der Waals surface area contributed by atoms with Crippen LogP contribution in [0.25, 0.3) is 0 Å². The monoisotopic (exact) mass is 203 g/mol. The van der Waals surface area contributed by atoms with Crippen LogP contribution in [0.3, 0.4) is 0 Å². The summed E-state index contributed by atoms with van der Waals surface area (Å²) in [4.78, 5) is 2.52. The number of benzene rings is 1. The Hall–Kier alpha value is -0.860. The largest absolute Gasteiger partial charge is 0.359 e. The van der Waals surface area contributed by atoms with Gasteiger partial charge in [-0.3, -0.25) is 4.90 Å². The van der Waals surface area contributed by atoms with Gasteiger partial charge in [-0.05, 0) is 25.3 Å². The Morgan fingerprint density at radius 2 is 2.13 bits per heavy atom. The fraction of sp³-hybridized carbons (Fsp3) is 0.538. The van der Waals surface area contributed by atoms with E-state index in [1.807, 2.05) is 0 Å². The van der Waals surface area contributed by atoms with Crippen molar-refractivity contribution in [2.24, 2.45) is 0 Å². The van der Waals surface area contributed by atoms with Gasteiger partial charge in [-0.2, -0.15) is 0 Å². The third-order valence-corrected chi connectivity index (χ3v) is 3.76. The normalized spacial score (nSPS) is 35.7. The van der Waals surface area contributed by atoms with Gasteiger partial charge in [0, 0.05) is 6.54 Å². The summed E-state index contributed by atoms with van der Waals surface area (Å²) >= 11 is 0. The molecule has 80 valence electrons. The van der Waals surface area contributed by atoms with E-state index in [0.29, 0.717) is 6.04 Å². The Balaban J connectivity index is 1.90. The van der Waals surface area contributed by atoms with Crippen LogP contribution in [0.5, 0.6) is 0 Å². The van der Waals surface area contributed by atoms with Crippen LogP contribution in [0.15, 0.2) is 30.3 Å². The van der Waals surface area contributed by atoms with Gasteiger partial charge < -0.3 is 4.74 Å². The lowest BCUT2D eigenvalue weighted by Gasteiger charge is -2.29. The maximum Gasteiger partial charge on any atom is 0.119 e. The van der Waals surface area contributed by atoms with Gasteiger partial charge in [0.25, 0.3) is 0 Å². The molecule has 0 bridgehead atoms. The standard InChI is InChI=1S/C13H17NO/c1-13-8-5-9-14(13)12(10-15-13)11-6-3-2-4-7-11/h2-4,6-7,12H,5,8-10H2,1H3/t12-,13-/m1/s1. The molecule has 0 amide bonds. The average molecular weight is 203 g/mol. The molecule has 0 unspecified atom stereocenters. The van der Waals surface area contributed by atoms with Crippen LogP contribution in [0.1, 0.15) is 31.4 Å². The predicted octanol–water partition coefficient (Wildman–Crippen LogP) is 2.57. The quantitative estimate of drug-likeness (QED) is 0.695. The number of nitrogens with zero attached hydrogens (tertiary/aromatic N) is 1. The van der Waals surface area contributed by atoms with Crippen LogP contribution in [0, 0.1) is 0 Å². The molecule has 0 radical (unpaired) electrons. The van der Waals surface area contributed by atoms with E-state index >= 15 is 0 Å². The van der Waals surface area contributed by atoms with E-state index in [4.69, 9.17) is 4.74 Å². The molecule has 0 saturated carbocycles. The van der Waals surface area contributed by atoms with Crippen molar-refractivity contribution >= 4 is 0 Å². The molecule has 2 nitrogen and oxygen atoms in total. The lowest BCUT2D eigenvalue weighted by atomic mass is 10.1. The Morgan fingerprint density at radius 3 is 2.93 bits per heavy atom. The Labute approximate surface area is 90.8 Å². The zero-order chi connectivity index (χ0) is 10.3. The first-order valence-corrected chi connectivity index (χ1v) is 5.75. The molecule has 2 heterocycles. The summed E-state index contributed by atoms with van der Waals surface area (Å²) in [7, 11) is 0. The van der Waals surface area contributed by atoms with Gasteiger partial charge in [0.2, 0.25) is 0 Å². The zero-order valence-corrected chi connectivity index (χ0v) is 9.15. The van der Waals surface area contributed by atoms with Crippen LogP contribution in [-0.4, -0.2) is 23.8 Å². The van der Waals surface area contributed by atoms with Crippen molar-refractivity contribution < 1.29 is 4.74 Å². The highest BCUT2D eigenvalue weighted by molar-refractivity contribution is 5.21. The minimum absolute atomic E-state index is 0.0144. The predicted molar refractivity (Wildman–Crippen MR) is 59.5 cm³/mol. The molecule has 3 rings (SSSR count). The highest BCUT2D eigenvalue weighted by atomic mass is 16.5. The van der Waals surface area contributed by atoms with E-state index in [1.165, 1.54) is 24.9 Å². The van der Waals surface area contributed by atoms with E-state index in [2.05, 4.69) is 42.2 Å². The molecule has 0 aromatic heterocycles. The zero-order valence-electron chi connectivity index (χ0n) is 9.15. The summed E-state index contributed by atoms with van der Waals surface area (Å²) in [5, 5.41) is 0. The van der Waals surface area contributed by atoms with Crippen LogP contribution < -0.4 is 0 Å². The molecule has 1 aromatic rings. The van der Waals surface area contributed by atoms with Gasteiger partial charge in [-0.15, -0.1) is 0 Å². The van der Waals surface area contributed by atoms with Crippen molar-refractivity contribution in [1.82, 2.24) is 4.90 Å². The van der Waals surface area contributed by atoms with E-state index in [0.717, 1.165) is 6.61 Å². The van der Waals surface area contributed by atoms with Gasteiger partial charge in [0.1, 0.15) is 5.72 Å². The number of hydrogen-bond donors (Lipinski definition) is 0. The van der Waals surface area contributed by atoms with Crippen molar-refractivity contribution in [3.63, 3.8) is 0 Å². The van der Waals surface area contributed by atoms with E-state index in [9.17, 15) is 0 Å². The molecule has 2 aliphatic rings. The van der Waals surface area contributed by atoms with Gasteiger partial charge in [0.15, 0.2) is 0 Å². The average Bonchev–Trinajstić information content (AvgIpc) is 2.76. The molecule has 2 fully saturated rings. The van der Waals surface area contributed by atoms with Crippen molar-refractivity contribution in [1.29, 1.82) is 0 Å². The Bertz CT molecular complexity index is 351. The topological polar surface area (TPSA) is 12.5 Å². The lowest BCUT2D eigenvalue weighted by Crippen LogP contribution is -2.37. The Kier molecular flexibility index (Phi) is 2.08. The molecule has 1 aromatic carbocycles. The second-order valence-corrected chi connectivity index (χ2v) is 4.71. The van der Waals surface area contributed by atoms with E-state index < -0.39 is 0 Å². The minimum atomic E-state index is 0.0144. The number of ether oxygens (including phenoxy) is 1. The van der Waals surface area contributed by atoms with Crippen LogP contribution >= 0.6 is 0 Å². The maximum atomic E-state index is 5.96. The van der Waals surface area contributed by atoms with Gasteiger partial charge >= 0.3 is 0 Å². The Morgan fingerprint density at radius 1 is 1.33 bits per heavy atom. The highest BCUT2D eigenvalue weighted by Gasteiger charge is 2.47. The number of hydrogen-bond acceptors (Lipinski definition) is 2. The molecule has 2 atom stereocenters. The SMILES string of the molecule is C[C@@]12CCCN1[C@@H](c1ccccc1)CO2. The summed E-state index contributed by atoms with van der Waals surface area (Å²) in [5.74, 6) is 0. The minimum Gasteiger partial charge on any atom is -0.359 e. The summed E-state index contributed by atoms with van der Waals surface area (Å²) in [6.45, 7) is 4.25. The van der Waals surface area contributed by atoms with E-state index in [-0.39, 0.29) is 5.72 Å². The third-order valence-electron chi connectivity index (χ3n) is 3.76. The smallest absolute Gasteiger partial charge is 0.119 e. The molecule has 2 heteroatoms. The van der Waals surface area contributed by atoms with Crippen molar-refractivity contribution in [2.75, 3.05) is 13.2 Å². The number of fused-ring (bicyclic) bond motifs is 1. The second-order valence-electron chi connectivity index (χ2n) is 4.71. The van der Waals surface area contributed by atoms with Gasteiger partial charge in [0.05, 0.1) is 12.6 Å². The van der Waals surface area contributed by atoms with Crippen LogP contribution in [-0.2, 0) is 4.74 Å². The maximum absolute atomic E-state index is 5.96. The van der Waals surface area contributed by atoms with Crippen molar-refractivity contribution in [3.05, 3.63) is 35.9 Å². The fourth-order valence-corrected chi connectivity index (χ4v) is 2.90. The van der Waals surface area contributed by atoms with E-state index in [1.54, 1.807) is 0 Å². The van der Waals surface area contributed by atoms with Crippen LogP contribution in [0.4, 0.5) is 0 Å². The highest BCUT2D eigenvalue weighted by Crippen LogP contribution is 2.43. The third kappa shape index (κ3) is 1.40. The molecular formula is C13H17NO. The fourth-order valence-electron chi connectivity index (χ4n) is 2.90. The van der Waals surface area contributed by atoms with Gasteiger partial charge in [-0.1, -0.05) is 30.3 Å². The molecule has 0 N–H and O–H groups in total. The molecule has 2 aliphatic heterocycles. The van der Waals surface area contributed by atoms with Crippen molar-refractivity contribution in [3.8, 4) is 0 Å². The second kappa shape index (κ2) is 3.32. The molecular weight excluding hydrogens is 186 g/mol. The van der Waals surface area contributed by atoms with Crippen LogP contribution in [0.2, 0.25) is 0 Å². The summed E-state index contributed by atoms with van der Waals surface area (Å²) in [6.07, 6.45) is 2.44. The first kappa shape index (κ1) is 9.37. The lowest BCUT2D eigenvalue weighted by molar-refractivity contribution is -0.0437. The molecule has 2 saturated heterocycles. The first-order chi connectivity index (χ1) is 7.30. The van der Waals surface area contributed by atoms with Gasteiger partial charge in [-0.25, -0.2) is 0 Å². The summed E-state index contributed by atoms with van der Waals surface area (Å²) in [5.41, 5.74) is 1.41. The summed E-state index contributed by atoms with van der Waals surface area (Å²) < 4.78 is 5.96. The number of rotatable bonds is 1. The first-order valence-electron chi connectivity index (χ1n) is 5.75. The molecule has 0 aliphatic carbocycles.